The van der Waals surface area contributed by atoms with Crippen molar-refractivity contribution in [1.29, 1.82) is 0 Å². The number of ether oxygens (including phenoxy) is 1. The topological polar surface area (TPSA) is 35.9 Å². The molecule has 0 bridgehead atoms. The van der Waals surface area contributed by atoms with E-state index in [-0.39, 0.29) is 12.6 Å². The van der Waals surface area contributed by atoms with Gasteiger partial charge in [0.05, 0.1) is 6.61 Å². The largest absolute Gasteiger partial charge is 0.494 e. The van der Waals surface area contributed by atoms with Crippen molar-refractivity contribution in [3.8, 4) is 5.75 Å². The van der Waals surface area contributed by atoms with Gasteiger partial charge in [-0.05, 0) is 48.7 Å². The minimum Gasteiger partial charge on any atom is -0.494 e. The molecule has 0 unspecified atom stereocenters. The zero-order valence-corrected chi connectivity index (χ0v) is 16.3. The maximum absolute atomic E-state index is 13.5. The number of benzene rings is 2. The van der Waals surface area contributed by atoms with Crippen molar-refractivity contribution < 1.29 is 18.6 Å². The maximum atomic E-state index is 13.5. The lowest BCUT2D eigenvalue weighted by Gasteiger charge is -2.41. The molecule has 3 rings (SSSR count). The van der Waals surface area contributed by atoms with Gasteiger partial charge in [-0.25, -0.2) is 8.78 Å². The quantitative estimate of drug-likeness (QED) is 0.749. The fraction of sp³-hybridized carbons (Fsp3) is 0.455. The predicted molar refractivity (Wildman–Crippen MR) is 105 cm³/mol. The van der Waals surface area contributed by atoms with Crippen molar-refractivity contribution in [2.75, 3.05) is 32.8 Å². The summed E-state index contributed by atoms with van der Waals surface area (Å²) in [7, 11) is 0. The Labute approximate surface area is 165 Å². The van der Waals surface area contributed by atoms with Gasteiger partial charge in [-0.2, -0.15) is 0 Å². The molecule has 1 aliphatic rings. The second kappa shape index (κ2) is 9.96. The van der Waals surface area contributed by atoms with Crippen LogP contribution >= 0.6 is 0 Å². The summed E-state index contributed by atoms with van der Waals surface area (Å²) in [6.07, 6.45) is 0.686. The first-order valence-corrected chi connectivity index (χ1v) is 9.82. The van der Waals surface area contributed by atoms with E-state index in [1.807, 2.05) is 19.1 Å². The first-order chi connectivity index (χ1) is 13.6. The molecule has 4 nitrogen and oxygen atoms in total. The van der Waals surface area contributed by atoms with Crippen molar-refractivity contribution in [2.24, 2.45) is 0 Å². The van der Waals surface area contributed by atoms with Gasteiger partial charge in [-0.1, -0.05) is 18.2 Å². The molecule has 0 aromatic heterocycles. The van der Waals surface area contributed by atoms with E-state index in [2.05, 4.69) is 21.9 Å². The zero-order valence-electron chi connectivity index (χ0n) is 16.3. The molecule has 1 saturated heterocycles. The van der Waals surface area contributed by atoms with E-state index >= 15 is 0 Å². The van der Waals surface area contributed by atoms with E-state index in [4.69, 9.17) is 4.74 Å². The molecular formula is C22H28F2N2O2. The third-order valence-corrected chi connectivity index (χ3v) is 5.16. The molecule has 0 spiro atoms. The normalized spacial score (nSPS) is 18.4. The summed E-state index contributed by atoms with van der Waals surface area (Å²) in [5.74, 6) is -0.755. The lowest BCUT2D eigenvalue weighted by Crippen LogP contribution is -2.52. The fourth-order valence-corrected chi connectivity index (χ4v) is 3.72. The zero-order chi connectivity index (χ0) is 19.9. The fourth-order valence-electron chi connectivity index (χ4n) is 3.72. The summed E-state index contributed by atoms with van der Waals surface area (Å²) < 4.78 is 32.1. The highest BCUT2D eigenvalue weighted by Crippen LogP contribution is 2.20. The molecule has 0 amide bonds. The Morgan fingerprint density at radius 3 is 2.43 bits per heavy atom. The monoisotopic (exact) mass is 390 g/mol. The van der Waals surface area contributed by atoms with E-state index in [0.29, 0.717) is 19.6 Å². The third-order valence-electron chi connectivity index (χ3n) is 5.16. The van der Waals surface area contributed by atoms with E-state index in [1.54, 1.807) is 6.07 Å². The molecule has 1 aliphatic heterocycles. The van der Waals surface area contributed by atoms with Crippen LogP contribution in [0, 0.1) is 11.6 Å². The van der Waals surface area contributed by atoms with Crippen LogP contribution in [0.25, 0.3) is 0 Å². The predicted octanol–water partition coefficient (Wildman–Crippen LogP) is 3.43. The lowest BCUT2D eigenvalue weighted by molar-refractivity contribution is 0.0499. The van der Waals surface area contributed by atoms with Gasteiger partial charge >= 0.3 is 0 Å². The van der Waals surface area contributed by atoms with Gasteiger partial charge in [0.2, 0.25) is 0 Å². The number of halogens is 2. The number of aliphatic hydroxyl groups excluding tert-OH is 1. The molecule has 1 atom stereocenters. The molecule has 1 fully saturated rings. The van der Waals surface area contributed by atoms with Crippen molar-refractivity contribution in [2.45, 2.75) is 32.5 Å². The number of aliphatic hydroxyl groups is 1. The molecule has 1 heterocycles. The van der Waals surface area contributed by atoms with Crippen molar-refractivity contribution in [1.82, 2.24) is 9.80 Å². The Bertz CT molecular complexity index is 755. The second-order valence-corrected chi connectivity index (χ2v) is 7.20. The summed E-state index contributed by atoms with van der Waals surface area (Å²) in [6.45, 7) is 6.64. The minimum atomic E-state index is -0.818. The summed E-state index contributed by atoms with van der Waals surface area (Å²) in [5.41, 5.74) is 1.97. The summed E-state index contributed by atoms with van der Waals surface area (Å²) in [6, 6.07) is 12.4. The van der Waals surface area contributed by atoms with Crippen LogP contribution in [0.3, 0.4) is 0 Å². The summed E-state index contributed by atoms with van der Waals surface area (Å²) >= 11 is 0. The van der Waals surface area contributed by atoms with Crippen LogP contribution in [-0.4, -0.2) is 53.8 Å². The summed E-state index contributed by atoms with van der Waals surface area (Å²) in [5, 5.41) is 9.49. The van der Waals surface area contributed by atoms with Gasteiger partial charge in [-0.3, -0.25) is 9.80 Å². The van der Waals surface area contributed by atoms with E-state index < -0.39 is 11.6 Å². The van der Waals surface area contributed by atoms with Gasteiger partial charge < -0.3 is 9.84 Å². The highest BCUT2D eigenvalue weighted by Gasteiger charge is 2.26. The van der Waals surface area contributed by atoms with E-state index in [1.165, 1.54) is 17.7 Å². The van der Waals surface area contributed by atoms with Crippen LogP contribution < -0.4 is 4.74 Å². The minimum absolute atomic E-state index is 0.128. The average Bonchev–Trinajstić information content (AvgIpc) is 2.69. The van der Waals surface area contributed by atoms with Gasteiger partial charge in [0.1, 0.15) is 5.75 Å². The first kappa shape index (κ1) is 20.7. The Balaban J connectivity index is 1.60. The molecule has 152 valence electrons. The second-order valence-electron chi connectivity index (χ2n) is 7.20. The van der Waals surface area contributed by atoms with E-state index in [9.17, 15) is 13.9 Å². The standard InChI is InChI=1S/C22H28F2N2O2/c1-2-28-20-6-3-17(4-7-20)15-26-11-10-25(16-19(26)9-12-27)14-18-5-8-21(23)22(24)13-18/h3-8,13,19,27H,2,9-12,14-16H2,1H3/t19-/m0/s1. The van der Waals surface area contributed by atoms with Crippen LogP contribution in [0.4, 0.5) is 8.78 Å². The van der Waals surface area contributed by atoms with Crippen molar-refractivity contribution in [3.05, 3.63) is 65.2 Å². The third kappa shape index (κ3) is 5.50. The Morgan fingerprint density at radius 1 is 1.00 bits per heavy atom. The van der Waals surface area contributed by atoms with Crippen LogP contribution in [0.5, 0.6) is 5.75 Å². The first-order valence-electron chi connectivity index (χ1n) is 9.82. The number of hydrogen-bond donors (Lipinski definition) is 1. The van der Waals surface area contributed by atoms with Crippen LogP contribution in [0.15, 0.2) is 42.5 Å². The molecule has 0 saturated carbocycles. The van der Waals surface area contributed by atoms with Crippen LogP contribution in [0.1, 0.15) is 24.5 Å². The van der Waals surface area contributed by atoms with Gasteiger partial charge in [0.25, 0.3) is 0 Å². The van der Waals surface area contributed by atoms with E-state index in [0.717, 1.165) is 37.5 Å². The Morgan fingerprint density at radius 2 is 1.75 bits per heavy atom. The van der Waals surface area contributed by atoms with Crippen LogP contribution in [-0.2, 0) is 13.1 Å². The molecule has 6 heteroatoms. The number of nitrogens with zero attached hydrogens (tertiary/aromatic N) is 2. The number of piperazine rings is 1. The maximum Gasteiger partial charge on any atom is 0.159 e. The SMILES string of the molecule is CCOc1ccc(CN2CCN(Cc3ccc(F)c(F)c3)C[C@@H]2CCO)cc1. The van der Waals surface area contributed by atoms with Gasteiger partial charge in [0.15, 0.2) is 11.6 Å². The van der Waals surface area contributed by atoms with Gasteiger partial charge in [0, 0.05) is 45.4 Å². The van der Waals surface area contributed by atoms with Crippen molar-refractivity contribution in [3.63, 3.8) is 0 Å². The average molecular weight is 390 g/mol. The molecule has 2 aromatic rings. The Kier molecular flexibility index (Phi) is 7.36. The molecular weight excluding hydrogens is 362 g/mol. The van der Waals surface area contributed by atoms with Crippen molar-refractivity contribution >= 4 is 0 Å². The van der Waals surface area contributed by atoms with Crippen LogP contribution in [0.2, 0.25) is 0 Å². The highest BCUT2D eigenvalue weighted by molar-refractivity contribution is 5.27. The Hall–Kier alpha value is -2.02. The molecule has 1 N–H and O–H groups in total. The molecule has 0 radical (unpaired) electrons. The lowest BCUT2D eigenvalue weighted by atomic mass is 10.1. The highest BCUT2D eigenvalue weighted by atomic mass is 19.2. The summed E-state index contributed by atoms with van der Waals surface area (Å²) in [4.78, 5) is 4.62. The molecule has 0 aliphatic carbocycles. The smallest absolute Gasteiger partial charge is 0.159 e. The number of hydrogen-bond acceptors (Lipinski definition) is 4. The molecule has 28 heavy (non-hydrogen) atoms. The molecule has 2 aromatic carbocycles. The number of rotatable bonds is 8. The van der Waals surface area contributed by atoms with Gasteiger partial charge in [-0.15, -0.1) is 0 Å².